The van der Waals surface area contributed by atoms with E-state index in [4.69, 9.17) is 4.74 Å². The summed E-state index contributed by atoms with van der Waals surface area (Å²) < 4.78 is 7.11. The molecule has 7 heteroatoms. The van der Waals surface area contributed by atoms with Crippen molar-refractivity contribution in [1.29, 1.82) is 0 Å². The maximum atomic E-state index is 5.25. The van der Waals surface area contributed by atoms with E-state index in [0.717, 1.165) is 28.7 Å². The molecule has 0 radical (unpaired) electrons. The largest absolute Gasteiger partial charge is 0.497 e. The normalized spacial score (nSPS) is 10.8. The van der Waals surface area contributed by atoms with Crippen molar-refractivity contribution in [2.75, 3.05) is 14.2 Å². The highest BCUT2D eigenvalue weighted by Gasteiger charge is 2.03. The van der Waals surface area contributed by atoms with E-state index in [9.17, 15) is 0 Å². The summed E-state index contributed by atoms with van der Waals surface area (Å²) in [5.41, 5.74) is 3.11. The molecule has 3 rings (SSSR count). The summed E-state index contributed by atoms with van der Waals surface area (Å²) in [4.78, 5) is 4.25. The SMILES string of the molecule is CN=C(NCc1cccc(OC)c1)NCc1ccn(-c2ccccc2)n1.I. The van der Waals surface area contributed by atoms with Crippen molar-refractivity contribution in [2.24, 2.45) is 4.99 Å². The number of rotatable bonds is 6. The lowest BCUT2D eigenvalue weighted by atomic mass is 10.2. The van der Waals surface area contributed by atoms with E-state index in [0.29, 0.717) is 13.1 Å². The Morgan fingerprint density at radius 1 is 1.04 bits per heavy atom. The predicted octanol–water partition coefficient (Wildman–Crippen LogP) is 3.36. The molecule has 0 bridgehead atoms. The molecule has 2 aromatic carbocycles. The number of hydrogen-bond donors (Lipinski definition) is 2. The van der Waals surface area contributed by atoms with E-state index < -0.39 is 0 Å². The lowest BCUT2D eigenvalue weighted by Gasteiger charge is -2.11. The van der Waals surface area contributed by atoms with Crippen LogP contribution in [0, 0.1) is 0 Å². The second-order valence-electron chi connectivity index (χ2n) is 5.72. The fraction of sp³-hybridized carbons (Fsp3) is 0.200. The smallest absolute Gasteiger partial charge is 0.191 e. The Kier molecular flexibility index (Phi) is 8.12. The Bertz CT molecular complexity index is 864. The van der Waals surface area contributed by atoms with Gasteiger partial charge in [0.05, 0.1) is 25.0 Å². The van der Waals surface area contributed by atoms with Gasteiger partial charge in [0.25, 0.3) is 0 Å². The van der Waals surface area contributed by atoms with Crippen molar-refractivity contribution >= 4 is 29.9 Å². The number of guanidine groups is 1. The van der Waals surface area contributed by atoms with Crippen molar-refractivity contribution in [1.82, 2.24) is 20.4 Å². The number of nitrogens with zero attached hydrogens (tertiary/aromatic N) is 3. The molecule has 0 fully saturated rings. The lowest BCUT2D eigenvalue weighted by molar-refractivity contribution is 0.414. The third-order valence-electron chi connectivity index (χ3n) is 3.92. The number of para-hydroxylation sites is 1. The molecule has 3 aromatic rings. The molecule has 0 aliphatic rings. The summed E-state index contributed by atoms with van der Waals surface area (Å²) >= 11 is 0. The van der Waals surface area contributed by atoms with Gasteiger partial charge in [0, 0.05) is 19.8 Å². The average molecular weight is 477 g/mol. The molecule has 6 nitrogen and oxygen atoms in total. The van der Waals surface area contributed by atoms with Gasteiger partial charge in [-0.15, -0.1) is 24.0 Å². The highest BCUT2D eigenvalue weighted by atomic mass is 127. The molecule has 142 valence electrons. The van der Waals surface area contributed by atoms with E-state index in [1.807, 2.05) is 71.5 Å². The molecule has 2 N–H and O–H groups in total. The maximum Gasteiger partial charge on any atom is 0.191 e. The molecule has 0 saturated heterocycles. The van der Waals surface area contributed by atoms with Crippen LogP contribution in [0.1, 0.15) is 11.3 Å². The van der Waals surface area contributed by atoms with Crippen LogP contribution in [-0.2, 0) is 13.1 Å². The van der Waals surface area contributed by atoms with Crippen molar-refractivity contribution < 1.29 is 4.74 Å². The van der Waals surface area contributed by atoms with E-state index >= 15 is 0 Å². The minimum Gasteiger partial charge on any atom is -0.497 e. The monoisotopic (exact) mass is 477 g/mol. The van der Waals surface area contributed by atoms with Crippen LogP contribution < -0.4 is 15.4 Å². The van der Waals surface area contributed by atoms with Crippen LogP contribution >= 0.6 is 24.0 Å². The fourth-order valence-electron chi connectivity index (χ4n) is 2.54. The van der Waals surface area contributed by atoms with Crippen LogP contribution in [0.4, 0.5) is 0 Å². The molecule has 0 unspecified atom stereocenters. The molecular formula is C20H24IN5O. The van der Waals surface area contributed by atoms with E-state index in [1.54, 1.807) is 14.2 Å². The number of hydrogen-bond acceptors (Lipinski definition) is 3. The van der Waals surface area contributed by atoms with Crippen LogP contribution in [0.3, 0.4) is 0 Å². The lowest BCUT2D eigenvalue weighted by Crippen LogP contribution is -2.36. The molecule has 0 aliphatic heterocycles. The van der Waals surface area contributed by atoms with E-state index in [2.05, 4.69) is 20.7 Å². The zero-order chi connectivity index (χ0) is 18.2. The number of aliphatic imine (C=N–C) groups is 1. The van der Waals surface area contributed by atoms with Crippen molar-refractivity contribution in [3.05, 3.63) is 78.1 Å². The van der Waals surface area contributed by atoms with Gasteiger partial charge in [-0.25, -0.2) is 4.68 Å². The molecule has 0 spiro atoms. The van der Waals surface area contributed by atoms with Gasteiger partial charge in [-0.1, -0.05) is 30.3 Å². The first-order chi connectivity index (χ1) is 12.8. The van der Waals surface area contributed by atoms with Gasteiger partial charge in [0.15, 0.2) is 5.96 Å². The van der Waals surface area contributed by atoms with Crippen LogP contribution in [-0.4, -0.2) is 29.9 Å². The summed E-state index contributed by atoms with van der Waals surface area (Å²) in [6.07, 6.45) is 1.96. The van der Waals surface area contributed by atoms with Gasteiger partial charge in [-0.2, -0.15) is 5.10 Å². The summed E-state index contributed by atoms with van der Waals surface area (Å²) in [6.45, 7) is 1.26. The highest BCUT2D eigenvalue weighted by molar-refractivity contribution is 14.0. The Labute approximate surface area is 176 Å². The first kappa shape index (κ1) is 20.8. The molecule has 0 aliphatic carbocycles. The third-order valence-corrected chi connectivity index (χ3v) is 3.92. The van der Waals surface area contributed by atoms with Gasteiger partial charge in [-0.05, 0) is 35.9 Å². The molecule has 27 heavy (non-hydrogen) atoms. The second kappa shape index (κ2) is 10.6. The molecule has 0 amide bonds. The topological polar surface area (TPSA) is 63.5 Å². The number of halogens is 1. The Morgan fingerprint density at radius 3 is 2.56 bits per heavy atom. The van der Waals surface area contributed by atoms with Gasteiger partial charge in [0.2, 0.25) is 0 Å². The summed E-state index contributed by atoms with van der Waals surface area (Å²) in [6, 6.07) is 20.0. The number of nitrogens with one attached hydrogen (secondary N) is 2. The zero-order valence-corrected chi connectivity index (χ0v) is 17.8. The summed E-state index contributed by atoms with van der Waals surface area (Å²) in [7, 11) is 3.42. The van der Waals surface area contributed by atoms with Gasteiger partial charge >= 0.3 is 0 Å². The Balaban J connectivity index is 0.00000261. The molecule has 0 saturated carbocycles. The standard InChI is InChI=1S/C20H23N5O.HI/c1-21-20(22-14-16-7-6-10-19(13-16)26-2)23-15-17-11-12-25(24-17)18-8-4-3-5-9-18;/h3-13H,14-15H2,1-2H3,(H2,21,22,23);1H. The number of benzene rings is 2. The van der Waals surface area contributed by atoms with Gasteiger partial charge in [-0.3, -0.25) is 4.99 Å². The predicted molar refractivity (Wildman–Crippen MR) is 119 cm³/mol. The van der Waals surface area contributed by atoms with Crippen LogP contribution in [0.25, 0.3) is 5.69 Å². The number of ether oxygens (including phenoxy) is 1. The van der Waals surface area contributed by atoms with Gasteiger partial charge in [0.1, 0.15) is 5.75 Å². The maximum absolute atomic E-state index is 5.25. The molecule has 0 atom stereocenters. The Hall–Kier alpha value is -2.55. The molecule has 1 heterocycles. The highest BCUT2D eigenvalue weighted by Crippen LogP contribution is 2.12. The second-order valence-corrected chi connectivity index (χ2v) is 5.72. The molecule has 1 aromatic heterocycles. The van der Waals surface area contributed by atoms with Crippen LogP contribution in [0.15, 0.2) is 71.9 Å². The minimum atomic E-state index is 0. The number of aromatic nitrogens is 2. The van der Waals surface area contributed by atoms with Crippen LogP contribution in [0.2, 0.25) is 0 Å². The zero-order valence-electron chi connectivity index (χ0n) is 15.4. The van der Waals surface area contributed by atoms with Gasteiger partial charge < -0.3 is 15.4 Å². The van der Waals surface area contributed by atoms with Crippen molar-refractivity contribution in [3.63, 3.8) is 0 Å². The summed E-state index contributed by atoms with van der Waals surface area (Å²) in [5.74, 6) is 1.57. The van der Waals surface area contributed by atoms with Crippen molar-refractivity contribution in [2.45, 2.75) is 13.1 Å². The fourth-order valence-corrected chi connectivity index (χ4v) is 2.54. The van der Waals surface area contributed by atoms with Crippen molar-refractivity contribution in [3.8, 4) is 11.4 Å². The van der Waals surface area contributed by atoms with E-state index in [1.165, 1.54) is 0 Å². The minimum absolute atomic E-state index is 0. The number of methoxy groups -OCH3 is 1. The molecular weight excluding hydrogens is 453 g/mol. The first-order valence-corrected chi connectivity index (χ1v) is 8.46. The van der Waals surface area contributed by atoms with Crippen LogP contribution in [0.5, 0.6) is 5.75 Å². The summed E-state index contributed by atoms with van der Waals surface area (Å²) in [5, 5.41) is 11.2. The Morgan fingerprint density at radius 2 is 1.81 bits per heavy atom. The quantitative estimate of drug-likeness (QED) is 0.325. The van der Waals surface area contributed by atoms with E-state index in [-0.39, 0.29) is 24.0 Å². The first-order valence-electron chi connectivity index (χ1n) is 8.46. The third kappa shape index (κ3) is 5.99. The average Bonchev–Trinajstić information content (AvgIpc) is 3.18.